The molecule has 1 aromatic heterocycles. The van der Waals surface area contributed by atoms with Crippen molar-refractivity contribution in [2.45, 2.75) is 34.1 Å². The van der Waals surface area contributed by atoms with Gasteiger partial charge in [-0.2, -0.15) is 5.10 Å². The molecule has 1 aliphatic rings. The second kappa shape index (κ2) is 10.5. The molecule has 2 N–H and O–H groups in total. The Hall–Kier alpha value is -2.22. The summed E-state index contributed by atoms with van der Waals surface area (Å²) in [5, 5.41) is 20.7. The van der Waals surface area contributed by atoms with Gasteiger partial charge in [-0.3, -0.25) is 10.2 Å². The molecule has 0 saturated carbocycles. The van der Waals surface area contributed by atoms with E-state index in [2.05, 4.69) is 46.4 Å². The largest absolute Gasteiger partial charge is 0.481 e. The molecule has 0 atom stereocenters. The molecule has 8 heteroatoms. The van der Waals surface area contributed by atoms with Gasteiger partial charge >= 0.3 is 5.97 Å². The van der Waals surface area contributed by atoms with Gasteiger partial charge in [0.25, 0.3) is 0 Å². The number of carboxylic acids is 1. The molecule has 0 spiro atoms. The van der Waals surface area contributed by atoms with Crippen molar-refractivity contribution in [1.82, 2.24) is 10.2 Å². The van der Waals surface area contributed by atoms with E-state index in [1.165, 1.54) is 0 Å². The molecule has 2 heterocycles. The first-order chi connectivity index (χ1) is 11.4. The second-order valence-electron chi connectivity index (χ2n) is 6.14. The predicted octanol–water partition coefficient (Wildman–Crippen LogP) is 2.24. The molecule has 1 aromatic rings. The molecule has 8 nitrogen and oxygen atoms in total. The van der Waals surface area contributed by atoms with E-state index in [1.807, 2.05) is 6.07 Å². The van der Waals surface area contributed by atoms with Crippen LogP contribution in [0.2, 0.25) is 0 Å². The predicted molar refractivity (Wildman–Crippen MR) is 94.6 cm³/mol. The summed E-state index contributed by atoms with van der Waals surface area (Å²) in [4.78, 5) is 12.6. The van der Waals surface area contributed by atoms with E-state index in [-0.39, 0.29) is 6.42 Å². The van der Waals surface area contributed by atoms with Crippen molar-refractivity contribution in [1.29, 1.82) is 0 Å². The van der Waals surface area contributed by atoms with Crippen LogP contribution in [0.3, 0.4) is 0 Å². The van der Waals surface area contributed by atoms with Crippen molar-refractivity contribution in [3.8, 4) is 0 Å². The second-order valence-corrected chi connectivity index (χ2v) is 6.14. The zero-order valence-electron chi connectivity index (χ0n) is 14.8. The lowest BCUT2D eigenvalue weighted by atomic mass is 10.3. The molecule has 134 valence electrons. The maximum atomic E-state index is 10.5. The molecule has 1 saturated heterocycles. The first kappa shape index (κ1) is 19.8. The quantitative estimate of drug-likeness (QED) is 0.628. The fourth-order valence-corrected chi connectivity index (χ4v) is 1.76. The summed E-state index contributed by atoms with van der Waals surface area (Å²) in [5.41, 5.74) is 3.16. The maximum absolute atomic E-state index is 10.5. The lowest BCUT2D eigenvalue weighted by Gasteiger charge is -2.27. The van der Waals surface area contributed by atoms with Crippen LogP contribution in [0.4, 0.5) is 11.6 Å². The Morgan fingerprint density at radius 3 is 2.46 bits per heavy atom. The first-order valence-corrected chi connectivity index (χ1v) is 8.06. The highest BCUT2D eigenvalue weighted by Crippen LogP contribution is 2.13. The number of anilines is 2. The number of morpholine rings is 1. The minimum absolute atomic E-state index is 0.105. The molecule has 0 bridgehead atoms. The van der Waals surface area contributed by atoms with Crippen LogP contribution in [0.5, 0.6) is 0 Å². The van der Waals surface area contributed by atoms with Gasteiger partial charge in [0.2, 0.25) is 0 Å². The molecule has 0 unspecified atom stereocenters. The summed E-state index contributed by atoms with van der Waals surface area (Å²) in [5.74, 6) is 1.19. The van der Waals surface area contributed by atoms with Crippen molar-refractivity contribution < 1.29 is 14.6 Å². The number of ether oxygens (including phenoxy) is 1. The van der Waals surface area contributed by atoms with Crippen molar-refractivity contribution in [3.63, 3.8) is 0 Å². The minimum Gasteiger partial charge on any atom is -0.481 e. The standard InChI is InChI=1S/C12H17N5O3.C4H10/c1-9(8-12(18)19)13-14-10-2-3-11(16-15-10)17-4-6-20-7-5-17;1-4(2)3/h2-3H,4-8H2,1H3,(H,14,15)(H,18,19);4H,1-3H3. The number of nitrogens with one attached hydrogen (secondary N) is 1. The minimum atomic E-state index is -0.915. The average Bonchev–Trinajstić information content (AvgIpc) is 2.53. The Kier molecular flexibility index (Phi) is 8.70. The van der Waals surface area contributed by atoms with Gasteiger partial charge in [0.05, 0.1) is 19.6 Å². The van der Waals surface area contributed by atoms with Crippen molar-refractivity contribution in [2.24, 2.45) is 11.0 Å². The Balaban J connectivity index is 0.000000648. The molecular weight excluding hydrogens is 310 g/mol. The Morgan fingerprint density at radius 1 is 1.33 bits per heavy atom. The fraction of sp³-hybridized carbons (Fsp3) is 0.625. The number of hydrazone groups is 1. The Bertz CT molecular complexity index is 522. The lowest BCUT2D eigenvalue weighted by Crippen LogP contribution is -2.36. The van der Waals surface area contributed by atoms with E-state index >= 15 is 0 Å². The highest BCUT2D eigenvalue weighted by atomic mass is 16.5. The number of carboxylic acid groups (broad SMARTS) is 1. The van der Waals surface area contributed by atoms with E-state index in [0.717, 1.165) is 24.8 Å². The highest BCUT2D eigenvalue weighted by Gasteiger charge is 2.12. The molecule has 1 fully saturated rings. The third-order valence-electron chi connectivity index (χ3n) is 2.75. The van der Waals surface area contributed by atoms with Crippen LogP contribution in [-0.4, -0.2) is 53.3 Å². The van der Waals surface area contributed by atoms with Gasteiger partial charge in [0.15, 0.2) is 11.6 Å². The zero-order valence-corrected chi connectivity index (χ0v) is 14.8. The maximum Gasteiger partial charge on any atom is 0.309 e. The summed E-state index contributed by atoms with van der Waals surface area (Å²) in [7, 11) is 0. The van der Waals surface area contributed by atoms with Crippen LogP contribution in [0, 0.1) is 5.92 Å². The Morgan fingerprint density at radius 2 is 1.96 bits per heavy atom. The molecule has 0 aliphatic carbocycles. The van der Waals surface area contributed by atoms with Crippen molar-refractivity contribution >= 4 is 23.3 Å². The normalized spacial score (nSPS) is 14.9. The highest BCUT2D eigenvalue weighted by molar-refractivity contribution is 5.97. The van der Waals surface area contributed by atoms with Crippen LogP contribution < -0.4 is 10.3 Å². The van der Waals surface area contributed by atoms with E-state index in [0.29, 0.717) is 24.7 Å². The first-order valence-electron chi connectivity index (χ1n) is 8.06. The third kappa shape index (κ3) is 8.42. The van der Waals surface area contributed by atoms with Crippen LogP contribution in [0.1, 0.15) is 34.1 Å². The number of hydrogen-bond acceptors (Lipinski definition) is 7. The topological polar surface area (TPSA) is 99.9 Å². The number of aliphatic carboxylic acids is 1. The van der Waals surface area contributed by atoms with Crippen LogP contribution >= 0.6 is 0 Å². The monoisotopic (exact) mass is 337 g/mol. The fourth-order valence-electron chi connectivity index (χ4n) is 1.76. The average molecular weight is 337 g/mol. The summed E-state index contributed by atoms with van der Waals surface area (Å²) in [6, 6.07) is 3.61. The molecule has 0 radical (unpaired) electrons. The van der Waals surface area contributed by atoms with E-state index in [4.69, 9.17) is 9.84 Å². The summed E-state index contributed by atoms with van der Waals surface area (Å²) < 4.78 is 5.27. The SMILES string of the molecule is CC(C)C.CC(CC(=O)O)=NNc1ccc(N2CCOCC2)nn1. The molecule has 24 heavy (non-hydrogen) atoms. The third-order valence-corrected chi connectivity index (χ3v) is 2.75. The van der Waals surface area contributed by atoms with Gasteiger partial charge in [0, 0.05) is 18.8 Å². The van der Waals surface area contributed by atoms with Crippen molar-refractivity contribution in [3.05, 3.63) is 12.1 Å². The number of rotatable bonds is 5. The van der Waals surface area contributed by atoms with Gasteiger partial charge in [-0.15, -0.1) is 10.2 Å². The molecule has 0 aromatic carbocycles. The van der Waals surface area contributed by atoms with E-state index in [9.17, 15) is 4.79 Å². The van der Waals surface area contributed by atoms with E-state index < -0.39 is 5.97 Å². The summed E-state index contributed by atoms with van der Waals surface area (Å²) in [6.07, 6.45) is -0.105. The van der Waals surface area contributed by atoms with Crippen molar-refractivity contribution in [2.75, 3.05) is 36.6 Å². The summed E-state index contributed by atoms with van der Waals surface area (Å²) >= 11 is 0. The zero-order chi connectivity index (χ0) is 17.9. The summed E-state index contributed by atoms with van der Waals surface area (Å²) in [6.45, 7) is 11.1. The smallest absolute Gasteiger partial charge is 0.309 e. The van der Waals surface area contributed by atoms with Gasteiger partial charge in [-0.1, -0.05) is 20.8 Å². The lowest BCUT2D eigenvalue weighted by molar-refractivity contribution is -0.135. The van der Waals surface area contributed by atoms with Crippen LogP contribution in [0.25, 0.3) is 0 Å². The number of nitrogens with zero attached hydrogens (tertiary/aromatic N) is 4. The number of hydrogen-bond donors (Lipinski definition) is 2. The molecule has 2 rings (SSSR count). The van der Waals surface area contributed by atoms with Gasteiger partial charge in [-0.25, -0.2) is 0 Å². The number of aromatic nitrogens is 2. The van der Waals surface area contributed by atoms with Gasteiger partial charge in [0.1, 0.15) is 0 Å². The van der Waals surface area contributed by atoms with Crippen LogP contribution in [-0.2, 0) is 9.53 Å². The molecular formula is C16H27N5O3. The van der Waals surface area contributed by atoms with Crippen LogP contribution in [0.15, 0.2) is 17.2 Å². The molecule has 1 aliphatic heterocycles. The van der Waals surface area contributed by atoms with Gasteiger partial charge < -0.3 is 14.7 Å². The van der Waals surface area contributed by atoms with E-state index in [1.54, 1.807) is 13.0 Å². The Labute approximate surface area is 142 Å². The number of carbonyl (C=O) groups is 1. The van der Waals surface area contributed by atoms with Gasteiger partial charge in [-0.05, 0) is 25.0 Å². The molecule has 0 amide bonds.